The van der Waals surface area contributed by atoms with Crippen LogP contribution in [0.3, 0.4) is 0 Å². The smallest absolute Gasteiger partial charge is 0.0624 e. The minimum Gasteiger partial charge on any atom is -0.0624 e. The minimum absolute atomic E-state index is 0.935. The molecule has 336 valence electrons. The first-order chi connectivity index (χ1) is 35.2. The van der Waals surface area contributed by atoms with Crippen molar-refractivity contribution in [2.24, 2.45) is 0 Å². The molecule has 0 fully saturated rings. The highest BCUT2D eigenvalue weighted by atomic mass is 28.3. The van der Waals surface area contributed by atoms with Crippen LogP contribution in [0.2, 0.25) is 0 Å². The zero-order chi connectivity index (χ0) is 47.2. The van der Waals surface area contributed by atoms with Crippen LogP contribution in [0.1, 0.15) is 22.3 Å². The summed E-state index contributed by atoms with van der Waals surface area (Å²) < 4.78 is 0. The number of hydrogen-bond acceptors (Lipinski definition) is 0. The maximum atomic E-state index is 2.63. The van der Waals surface area contributed by atoms with Crippen LogP contribution in [0.5, 0.6) is 0 Å². The fourth-order valence-corrected chi connectivity index (χ4v) is 28.5. The number of benzene rings is 11. The molecule has 2 heterocycles. The van der Waals surface area contributed by atoms with Crippen LogP contribution in [0, 0.1) is 0 Å². The van der Waals surface area contributed by atoms with Crippen molar-refractivity contribution in [2.45, 2.75) is 12.8 Å². The van der Waals surface area contributed by atoms with Crippen LogP contribution < -0.4 is 62.2 Å². The summed E-state index contributed by atoms with van der Waals surface area (Å²) in [5.74, 6) is 0. The van der Waals surface area contributed by atoms with Gasteiger partial charge in [0.15, 0.2) is 24.2 Å². The maximum Gasteiger partial charge on any atom is 0.180 e. The maximum absolute atomic E-state index is 2.97. The lowest BCUT2D eigenvalue weighted by Crippen LogP contribution is -2.79. The van der Waals surface area contributed by atoms with E-state index in [1.807, 2.05) is 0 Å². The molecular weight excluding hydrogens is 901 g/mol. The number of hydrogen-bond donors (Lipinski definition) is 0. The van der Waals surface area contributed by atoms with Crippen LogP contribution in [0.15, 0.2) is 291 Å². The van der Waals surface area contributed by atoms with E-state index in [1.165, 1.54) is 80.1 Å². The van der Waals surface area contributed by atoms with E-state index in [9.17, 15) is 0 Å². The van der Waals surface area contributed by atoms with Crippen molar-refractivity contribution in [1.29, 1.82) is 0 Å². The normalized spacial score (nSPS) is 13.4. The summed E-state index contributed by atoms with van der Waals surface area (Å²) in [6.45, 7) is 0. The second-order valence-corrected chi connectivity index (χ2v) is 30.7. The molecule has 2 aliphatic rings. The molecule has 13 rings (SSSR count). The first kappa shape index (κ1) is 43.1. The Bertz CT molecular complexity index is 3480. The molecule has 0 atom stereocenters. The molecule has 0 saturated heterocycles. The fraction of sp³-hybridized carbons (Fsp3) is 0.0294. The van der Waals surface area contributed by atoms with Crippen LogP contribution in [-0.2, 0) is 12.8 Å². The molecule has 0 bridgehead atoms. The highest BCUT2D eigenvalue weighted by molar-refractivity contribution is 7.22. The first-order valence-corrected chi connectivity index (χ1v) is 31.1. The zero-order valence-corrected chi connectivity index (χ0v) is 42.6. The quantitative estimate of drug-likeness (QED) is 0.105. The summed E-state index contributed by atoms with van der Waals surface area (Å²) >= 11 is 0. The molecule has 0 amide bonds. The Morgan fingerprint density at radius 3 is 0.901 bits per heavy atom. The molecule has 3 heteroatoms. The predicted octanol–water partition coefficient (Wildman–Crippen LogP) is 7.29. The third-order valence-electron chi connectivity index (χ3n) is 15.9. The highest BCUT2D eigenvalue weighted by Crippen LogP contribution is 2.30. The molecule has 0 N–H and O–H groups in total. The van der Waals surface area contributed by atoms with Gasteiger partial charge in [0.25, 0.3) is 0 Å². The third kappa shape index (κ3) is 6.76. The van der Waals surface area contributed by atoms with Gasteiger partial charge < -0.3 is 0 Å². The van der Waals surface area contributed by atoms with Crippen LogP contribution >= 0.6 is 0 Å². The van der Waals surface area contributed by atoms with Gasteiger partial charge in [-0.1, -0.05) is 291 Å². The average Bonchev–Trinajstić information content (AvgIpc) is 3.45. The second kappa shape index (κ2) is 17.8. The van der Waals surface area contributed by atoms with Crippen molar-refractivity contribution in [3.8, 4) is 11.1 Å². The van der Waals surface area contributed by atoms with E-state index in [4.69, 9.17) is 0 Å². The number of fused-ring (bicyclic) bond motifs is 8. The molecule has 1 spiro atoms. The topological polar surface area (TPSA) is 0 Å². The van der Waals surface area contributed by atoms with Gasteiger partial charge in [-0.2, -0.15) is 0 Å². The molecule has 11 aromatic carbocycles. The van der Waals surface area contributed by atoms with E-state index in [1.54, 1.807) is 15.6 Å². The van der Waals surface area contributed by atoms with Crippen molar-refractivity contribution >= 4 is 86.5 Å². The van der Waals surface area contributed by atoms with Crippen molar-refractivity contribution in [1.82, 2.24) is 0 Å². The standard InChI is InChI=1S/C68H52Si3/c1-6-26-57(27-7-1)69(58-28-8-2-9-29-58,59-30-10-3-11-31-59)63-36-22-37-64(50-63)70(60-32-12-4-13-33-60,61-34-14-5-15-35-61)62-44-41-51(42-45-62)52-43-46-68-56(47-52)49-55-25-18-21-40-67(55)71(68)65-38-19-16-23-53(65)48-54-24-17-20-39-66(54)71/h1-47,50H,48-49H2. The summed E-state index contributed by atoms with van der Waals surface area (Å²) in [4.78, 5) is 0. The van der Waals surface area contributed by atoms with Crippen LogP contribution in [-0.4, -0.2) is 24.2 Å². The van der Waals surface area contributed by atoms with E-state index in [0.717, 1.165) is 12.8 Å². The molecule has 2 aliphatic heterocycles. The molecule has 0 unspecified atom stereocenters. The van der Waals surface area contributed by atoms with Crippen molar-refractivity contribution in [2.75, 3.05) is 0 Å². The van der Waals surface area contributed by atoms with Crippen molar-refractivity contribution in [3.05, 3.63) is 313 Å². The lowest BCUT2D eigenvalue weighted by molar-refractivity contribution is 1.18. The van der Waals surface area contributed by atoms with E-state index in [0.29, 0.717) is 0 Å². The molecule has 11 aromatic rings. The van der Waals surface area contributed by atoms with Crippen LogP contribution in [0.4, 0.5) is 0 Å². The van der Waals surface area contributed by atoms with Gasteiger partial charge in [0, 0.05) is 0 Å². The Labute approximate surface area is 421 Å². The molecular formula is C68H52Si3. The number of rotatable bonds is 9. The summed E-state index contributed by atoms with van der Waals surface area (Å²) in [5, 5.41) is 17.2. The monoisotopic (exact) mass is 952 g/mol. The highest BCUT2D eigenvalue weighted by Gasteiger charge is 2.50. The summed E-state index contributed by atoms with van der Waals surface area (Å²) in [6.07, 6.45) is 1.92. The fourth-order valence-electron chi connectivity index (χ4n) is 13.0. The van der Waals surface area contributed by atoms with Crippen molar-refractivity contribution in [3.63, 3.8) is 0 Å². The average molecular weight is 953 g/mol. The van der Waals surface area contributed by atoms with Crippen LogP contribution in [0.25, 0.3) is 11.1 Å². The van der Waals surface area contributed by atoms with E-state index in [-0.39, 0.29) is 0 Å². The van der Waals surface area contributed by atoms with E-state index >= 15 is 0 Å². The third-order valence-corrected chi connectivity index (χ3v) is 30.7. The lowest BCUT2D eigenvalue weighted by Gasteiger charge is -2.44. The Morgan fingerprint density at radius 1 is 0.211 bits per heavy atom. The molecule has 0 nitrogen and oxygen atoms in total. The Kier molecular flexibility index (Phi) is 10.8. The second-order valence-electron chi connectivity index (χ2n) is 19.4. The SMILES string of the molecule is c1ccc([Si](c2ccccc2)(c2ccccc2)c2cccc([Si](c3ccccc3)(c3ccccc3)c3ccc(-c4ccc5c(c4)Cc4ccccc4[Si]54c5ccccc5Cc5ccccc54)cc3)c2)cc1. The van der Waals surface area contributed by atoms with Gasteiger partial charge in [-0.3, -0.25) is 0 Å². The van der Waals surface area contributed by atoms with Gasteiger partial charge in [0.1, 0.15) is 0 Å². The summed E-state index contributed by atoms with van der Waals surface area (Å²) in [5.41, 5.74) is 8.40. The van der Waals surface area contributed by atoms with Gasteiger partial charge in [0.05, 0.1) is 0 Å². The molecule has 0 radical (unpaired) electrons. The van der Waals surface area contributed by atoms with E-state index in [2.05, 4.69) is 291 Å². The van der Waals surface area contributed by atoms with Gasteiger partial charge in [-0.05, 0) is 108 Å². The largest absolute Gasteiger partial charge is 0.180 e. The Hall–Kier alpha value is -7.93. The molecule has 0 saturated carbocycles. The lowest BCUT2D eigenvalue weighted by atomic mass is 9.98. The first-order valence-electron chi connectivity index (χ1n) is 25.1. The Morgan fingerprint density at radius 2 is 0.507 bits per heavy atom. The van der Waals surface area contributed by atoms with Gasteiger partial charge >= 0.3 is 0 Å². The molecule has 71 heavy (non-hydrogen) atoms. The summed E-state index contributed by atoms with van der Waals surface area (Å²) in [7, 11) is -8.39. The summed E-state index contributed by atoms with van der Waals surface area (Å²) in [6, 6.07) is 112. The minimum atomic E-state index is -2.97. The zero-order valence-electron chi connectivity index (χ0n) is 39.6. The molecule has 0 aromatic heterocycles. The molecule has 0 aliphatic carbocycles. The van der Waals surface area contributed by atoms with Crippen molar-refractivity contribution < 1.29 is 0 Å². The predicted molar refractivity (Wildman–Crippen MR) is 308 cm³/mol. The van der Waals surface area contributed by atoms with Gasteiger partial charge in [-0.15, -0.1) is 0 Å². The van der Waals surface area contributed by atoms with Gasteiger partial charge in [0.2, 0.25) is 0 Å². The Balaban J connectivity index is 1.00. The van der Waals surface area contributed by atoms with Gasteiger partial charge in [-0.25, -0.2) is 0 Å². The van der Waals surface area contributed by atoms with E-state index < -0.39 is 24.2 Å².